The largest absolute Gasteiger partial charge is 0.0648 e. The van der Waals surface area contributed by atoms with Crippen LogP contribution in [0.25, 0.3) is 22.3 Å². The van der Waals surface area contributed by atoms with Crippen molar-refractivity contribution < 1.29 is 0 Å². The van der Waals surface area contributed by atoms with Gasteiger partial charge in [-0.2, -0.15) is 0 Å². The molecule has 0 spiro atoms. The Balaban J connectivity index is 1.83. The van der Waals surface area contributed by atoms with Crippen molar-refractivity contribution in [3.8, 4) is 22.3 Å². The summed E-state index contributed by atoms with van der Waals surface area (Å²) in [5.41, 5.74) is 7.82. The van der Waals surface area contributed by atoms with Crippen molar-refractivity contribution in [2.75, 3.05) is 0 Å². The van der Waals surface area contributed by atoms with Gasteiger partial charge in [0.05, 0.1) is 0 Å². The van der Waals surface area contributed by atoms with Gasteiger partial charge in [0.25, 0.3) is 0 Å². The maximum Gasteiger partial charge on any atom is -0.0184 e. The number of hydrogen-bond acceptors (Lipinski definition) is 0. The van der Waals surface area contributed by atoms with Gasteiger partial charge >= 0.3 is 0 Å². The zero-order valence-corrected chi connectivity index (χ0v) is 14.2. The fourth-order valence-corrected chi connectivity index (χ4v) is 2.84. The second-order valence-corrected chi connectivity index (χ2v) is 6.37. The second kappa shape index (κ2) is 6.83. The monoisotopic (exact) mass is 300 g/mol. The first-order valence-corrected chi connectivity index (χ1v) is 8.45. The summed E-state index contributed by atoms with van der Waals surface area (Å²) in [5, 5.41) is 0. The molecule has 0 nitrogen and oxygen atoms in total. The number of hydrogen-bond donors (Lipinski definition) is 0. The molecule has 0 aliphatic rings. The van der Waals surface area contributed by atoms with E-state index in [1.165, 1.54) is 39.8 Å². The molecule has 0 amide bonds. The average Bonchev–Trinajstić information content (AvgIpc) is 2.62. The van der Waals surface area contributed by atoms with Gasteiger partial charge in [-0.15, -0.1) is 0 Å². The molecule has 116 valence electrons. The minimum Gasteiger partial charge on any atom is -0.0648 e. The molecule has 0 heteroatoms. The Kier molecular flexibility index (Phi) is 4.62. The van der Waals surface area contributed by atoms with Crippen molar-refractivity contribution >= 4 is 0 Å². The molecule has 0 N–H and O–H groups in total. The van der Waals surface area contributed by atoms with Gasteiger partial charge in [-0.3, -0.25) is 0 Å². The van der Waals surface area contributed by atoms with Crippen molar-refractivity contribution in [2.24, 2.45) is 0 Å². The third-order valence-corrected chi connectivity index (χ3v) is 4.70. The van der Waals surface area contributed by atoms with E-state index in [4.69, 9.17) is 0 Å². The van der Waals surface area contributed by atoms with E-state index < -0.39 is 0 Å². The van der Waals surface area contributed by atoms with E-state index in [-0.39, 0.29) is 0 Å². The standard InChI is InChI=1S/C23H24/c1-4-18(3)19-9-11-21(12-10-19)23-15-13-22(14-16-23)20-7-5-17(2)6-8-20/h5-16,18H,4H2,1-3H3. The van der Waals surface area contributed by atoms with Crippen molar-refractivity contribution in [1.82, 2.24) is 0 Å². The molecular formula is C23H24. The van der Waals surface area contributed by atoms with Crippen LogP contribution in [0.3, 0.4) is 0 Å². The minimum atomic E-state index is 0.632. The van der Waals surface area contributed by atoms with Crippen LogP contribution in [-0.2, 0) is 0 Å². The Morgan fingerprint density at radius 2 is 0.957 bits per heavy atom. The molecular weight excluding hydrogens is 276 g/mol. The Hall–Kier alpha value is -2.34. The molecule has 3 aromatic rings. The van der Waals surface area contributed by atoms with Crippen molar-refractivity contribution in [3.05, 3.63) is 83.9 Å². The number of rotatable bonds is 4. The van der Waals surface area contributed by atoms with Gasteiger partial charge in [-0.25, -0.2) is 0 Å². The van der Waals surface area contributed by atoms with Crippen LogP contribution in [0.1, 0.15) is 37.3 Å². The number of aryl methyl sites for hydroxylation is 1. The lowest BCUT2D eigenvalue weighted by Crippen LogP contribution is -1.90. The van der Waals surface area contributed by atoms with E-state index in [1.807, 2.05) is 0 Å². The van der Waals surface area contributed by atoms with E-state index in [9.17, 15) is 0 Å². The molecule has 23 heavy (non-hydrogen) atoms. The van der Waals surface area contributed by atoms with Gasteiger partial charge in [0, 0.05) is 0 Å². The van der Waals surface area contributed by atoms with Gasteiger partial charge in [0.2, 0.25) is 0 Å². The summed E-state index contributed by atoms with van der Waals surface area (Å²) in [7, 11) is 0. The van der Waals surface area contributed by atoms with Crippen molar-refractivity contribution in [1.29, 1.82) is 0 Å². The molecule has 1 atom stereocenters. The summed E-state index contributed by atoms with van der Waals surface area (Å²) < 4.78 is 0. The van der Waals surface area contributed by atoms with Crippen LogP contribution in [0, 0.1) is 6.92 Å². The Labute approximate surface area is 139 Å². The molecule has 0 saturated carbocycles. The first-order chi connectivity index (χ1) is 11.2. The Bertz CT molecular complexity index is 747. The first-order valence-electron chi connectivity index (χ1n) is 8.45. The lowest BCUT2D eigenvalue weighted by Gasteiger charge is -2.10. The molecule has 0 aliphatic heterocycles. The zero-order chi connectivity index (χ0) is 16.2. The first kappa shape index (κ1) is 15.6. The van der Waals surface area contributed by atoms with Crippen LogP contribution in [-0.4, -0.2) is 0 Å². The second-order valence-electron chi connectivity index (χ2n) is 6.37. The third kappa shape index (κ3) is 3.53. The van der Waals surface area contributed by atoms with Crippen LogP contribution in [0.4, 0.5) is 0 Å². The van der Waals surface area contributed by atoms with Crippen LogP contribution in [0.15, 0.2) is 72.8 Å². The molecule has 0 heterocycles. The quantitative estimate of drug-likeness (QED) is 0.494. The minimum absolute atomic E-state index is 0.632. The van der Waals surface area contributed by atoms with E-state index in [0.29, 0.717) is 5.92 Å². The predicted octanol–water partition coefficient (Wildman–Crippen LogP) is 6.84. The summed E-state index contributed by atoms with van der Waals surface area (Å²) in [5.74, 6) is 0.632. The lowest BCUT2D eigenvalue weighted by molar-refractivity contribution is 0.734. The predicted molar refractivity (Wildman–Crippen MR) is 101 cm³/mol. The Morgan fingerprint density at radius 3 is 1.35 bits per heavy atom. The third-order valence-electron chi connectivity index (χ3n) is 4.70. The van der Waals surface area contributed by atoms with E-state index >= 15 is 0 Å². The molecule has 0 saturated heterocycles. The highest BCUT2D eigenvalue weighted by atomic mass is 14.1. The molecule has 0 fully saturated rings. The van der Waals surface area contributed by atoms with Crippen LogP contribution in [0.2, 0.25) is 0 Å². The zero-order valence-electron chi connectivity index (χ0n) is 14.2. The molecule has 3 rings (SSSR count). The highest BCUT2D eigenvalue weighted by Crippen LogP contribution is 2.27. The smallest absolute Gasteiger partial charge is 0.0184 e. The summed E-state index contributed by atoms with van der Waals surface area (Å²) >= 11 is 0. The topological polar surface area (TPSA) is 0 Å². The average molecular weight is 300 g/mol. The van der Waals surface area contributed by atoms with Crippen LogP contribution >= 0.6 is 0 Å². The summed E-state index contributed by atoms with van der Waals surface area (Å²) in [4.78, 5) is 0. The lowest BCUT2D eigenvalue weighted by atomic mass is 9.95. The van der Waals surface area contributed by atoms with Crippen molar-refractivity contribution in [3.63, 3.8) is 0 Å². The molecule has 0 bridgehead atoms. The van der Waals surface area contributed by atoms with E-state index in [2.05, 4.69) is 93.6 Å². The molecule has 3 aromatic carbocycles. The van der Waals surface area contributed by atoms with Gasteiger partial charge in [0.15, 0.2) is 0 Å². The maximum atomic E-state index is 2.28. The van der Waals surface area contributed by atoms with E-state index in [0.717, 1.165) is 0 Å². The summed E-state index contributed by atoms with van der Waals surface area (Å²) in [6.45, 7) is 6.64. The molecule has 0 aromatic heterocycles. The van der Waals surface area contributed by atoms with Gasteiger partial charge in [-0.05, 0) is 47.1 Å². The highest BCUT2D eigenvalue weighted by molar-refractivity contribution is 5.70. The molecule has 0 aliphatic carbocycles. The molecule has 1 unspecified atom stereocenters. The fourth-order valence-electron chi connectivity index (χ4n) is 2.84. The van der Waals surface area contributed by atoms with Crippen LogP contribution in [0.5, 0.6) is 0 Å². The SMILES string of the molecule is CCC(C)c1ccc(-c2ccc(-c3ccc(C)cc3)cc2)cc1. The van der Waals surface area contributed by atoms with Gasteiger partial charge in [0.1, 0.15) is 0 Å². The number of benzene rings is 3. The van der Waals surface area contributed by atoms with Crippen LogP contribution < -0.4 is 0 Å². The Morgan fingerprint density at radius 1 is 0.609 bits per heavy atom. The maximum absolute atomic E-state index is 2.28. The van der Waals surface area contributed by atoms with Crippen molar-refractivity contribution in [2.45, 2.75) is 33.1 Å². The normalized spacial score (nSPS) is 12.1. The summed E-state index contributed by atoms with van der Waals surface area (Å²) in [6, 6.07) is 26.6. The van der Waals surface area contributed by atoms with Gasteiger partial charge < -0.3 is 0 Å². The summed E-state index contributed by atoms with van der Waals surface area (Å²) in [6.07, 6.45) is 1.19. The molecule has 0 radical (unpaired) electrons. The van der Waals surface area contributed by atoms with E-state index in [1.54, 1.807) is 0 Å². The fraction of sp³-hybridized carbons (Fsp3) is 0.217. The highest BCUT2D eigenvalue weighted by Gasteiger charge is 2.04. The van der Waals surface area contributed by atoms with Gasteiger partial charge in [-0.1, -0.05) is 92.2 Å².